The van der Waals surface area contributed by atoms with Crippen LogP contribution in [0.25, 0.3) is 6.08 Å². The van der Waals surface area contributed by atoms with Crippen LogP contribution in [0.15, 0.2) is 58.4 Å². The number of thioether (sulfide) groups is 2. The van der Waals surface area contributed by atoms with Gasteiger partial charge in [-0.2, -0.15) is 11.8 Å². The molecule has 0 atom stereocenters. The van der Waals surface area contributed by atoms with E-state index in [0.29, 0.717) is 24.0 Å². The molecule has 2 aromatic rings. The van der Waals surface area contributed by atoms with E-state index < -0.39 is 0 Å². The molecule has 1 aliphatic heterocycles. The quantitative estimate of drug-likeness (QED) is 0.318. The van der Waals surface area contributed by atoms with E-state index in [2.05, 4.69) is 32.2 Å². The van der Waals surface area contributed by atoms with Gasteiger partial charge in [0.2, 0.25) is 0 Å². The Hall–Kier alpha value is -2.18. The van der Waals surface area contributed by atoms with Gasteiger partial charge in [0.25, 0.3) is 5.91 Å². The molecule has 1 heterocycles. The molecule has 31 heavy (non-hydrogen) atoms. The summed E-state index contributed by atoms with van der Waals surface area (Å²) in [7, 11) is 0. The number of benzene rings is 2. The minimum Gasteiger partial charge on any atom is -0.494 e. The number of nitrogens with zero attached hydrogens (tertiary/aromatic N) is 2. The van der Waals surface area contributed by atoms with E-state index >= 15 is 0 Å². The molecule has 0 saturated carbocycles. The number of carbonyl (C=O) groups is 1. The third kappa shape index (κ3) is 6.40. The molecule has 1 fully saturated rings. The fraction of sp³-hybridized carbons (Fsp3) is 0.360. The predicted molar refractivity (Wildman–Crippen MR) is 136 cm³/mol. The van der Waals surface area contributed by atoms with Gasteiger partial charge in [-0.05, 0) is 84.5 Å². The van der Waals surface area contributed by atoms with Gasteiger partial charge >= 0.3 is 0 Å². The smallest absolute Gasteiger partial charge is 0.266 e. The lowest BCUT2D eigenvalue weighted by molar-refractivity contribution is -0.122. The van der Waals surface area contributed by atoms with Crippen LogP contribution < -0.4 is 4.74 Å². The molecule has 164 valence electrons. The van der Waals surface area contributed by atoms with Crippen molar-refractivity contribution in [2.24, 2.45) is 4.99 Å². The molecule has 0 aliphatic carbocycles. The minimum absolute atomic E-state index is 0.0255. The molecule has 2 aromatic carbocycles. The number of hydrogen-bond donors (Lipinski definition) is 0. The fourth-order valence-electron chi connectivity index (χ4n) is 3.18. The van der Waals surface area contributed by atoms with Crippen LogP contribution in [-0.4, -0.2) is 41.1 Å². The summed E-state index contributed by atoms with van der Waals surface area (Å²) in [6.07, 6.45) is 4.97. The van der Waals surface area contributed by atoms with E-state index in [1.54, 1.807) is 11.8 Å². The molecule has 0 bridgehead atoms. The highest BCUT2D eigenvalue weighted by atomic mass is 32.2. The molecule has 0 N–H and O–H groups in total. The van der Waals surface area contributed by atoms with Crippen molar-refractivity contribution in [3.8, 4) is 5.75 Å². The summed E-state index contributed by atoms with van der Waals surface area (Å²) in [5.41, 5.74) is 3.13. The highest BCUT2D eigenvalue weighted by Gasteiger charge is 2.33. The third-order valence-corrected chi connectivity index (χ3v) is 6.60. The number of aliphatic imine (C=N–C) groups is 1. The van der Waals surface area contributed by atoms with Crippen molar-refractivity contribution in [2.75, 3.05) is 25.2 Å². The van der Waals surface area contributed by atoms with Gasteiger partial charge in [0, 0.05) is 6.54 Å². The van der Waals surface area contributed by atoms with E-state index in [4.69, 9.17) is 9.73 Å². The monoisotopic (exact) mass is 454 g/mol. The van der Waals surface area contributed by atoms with Gasteiger partial charge in [-0.1, -0.05) is 38.1 Å². The maximum absolute atomic E-state index is 13.1. The molecular weight excluding hydrogens is 424 g/mol. The van der Waals surface area contributed by atoms with Gasteiger partial charge in [0.05, 0.1) is 17.2 Å². The summed E-state index contributed by atoms with van der Waals surface area (Å²) in [6.45, 7) is 7.64. The van der Waals surface area contributed by atoms with Crippen LogP contribution >= 0.6 is 23.5 Å². The first-order valence-electron chi connectivity index (χ1n) is 10.6. The Kier molecular flexibility index (Phi) is 8.67. The molecule has 0 radical (unpaired) electrons. The van der Waals surface area contributed by atoms with Crippen molar-refractivity contribution in [3.63, 3.8) is 0 Å². The molecule has 1 aliphatic rings. The lowest BCUT2D eigenvalue weighted by Gasteiger charge is -2.15. The fourth-order valence-corrected chi connectivity index (χ4v) is 4.62. The topological polar surface area (TPSA) is 41.9 Å². The molecule has 3 rings (SSSR count). The van der Waals surface area contributed by atoms with Crippen LogP contribution in [0, 0.1) is 0 Å². The van der Waals surface area contributed by atoms with E-state index in [-0.39, 0.29) is 5.91 Å². The van der Waals surface area contributed by atoms with E-state index in [1.807, 2.05) is 54.3 Å². The Labute approximate surface area is 194 Å². The van der Waals surface area contributed by atoms with Crippen molar-refractivity contribution < 1.29 is 9.53 Å². The highest BCUT2D eigenvalue weighted by molar-refractivity contribution is 8.18. The molecular formula is C25H30N2O2S2. The lowest BCUT2D eigenvalue weighted by Crippen LogP contribution is -2.30. The Morgan fingerprint density at radius 1 is 1.13 bits per heavy atom. The van der Waals surface area contributed by atoms with Crippen LogP contribution in [0.2, 0.25) is 0 Å². The van der Waals surface area contributed by atoms with E-state index in [0.717, 1.165) is 34.3 Å². The summed E-state index contributed by atoms with van der Waals surface area (Å²) in [5, 5.41) is 0.751. The highest BCUT2D eigenvalue weighted by Crippen LogP contribution is 2.34. The maximum Gasteiger partial charge on any atom is 0.266 e. The van der Waals surface area contributed by atoms with Gasteiger partial charge in [-0.15, -0.1) is 0 Å². The lowest BCUT2D eigenvalue weighted by atomic mass is 10.0. The average molecular weight is 455 g/mol. The zero-order valence-electron chi connectivity index (χ0n) is 18.6. The second kappa shape index (κ2) is 11.4. The van der Waals surface area contributed by atoms with Gasteiger partial charge in [-0.25, -0.2) is 4.99 Å². The Morgan fingerprint density at radius 3 is 2.45 bits per heavy atom. The number of ether oxygens (including phenoxy) is 1. The second-order valence-electron chi connectivity index (χ2n) is 7.56. The molecule has 0 unspecified atom stereocenters. The van der Waals surface area contributed by atoms with Crippen LogP contribution in [0.1, 0.15) is 44.2 Å². The van der Waals surface area contributed by atoms with Crippen LogP contribution in [0.5, 0.6) is 5.75 Å². The predicted octanol–water partition coefficient (Wildman–Crippen LogP) is 6.57. The van der Waals surface area contributed by atoms with Crippen molar-refractivity contribution >= 4 is 46.4 Å². The van der Waals surface area contributed by atoms with Crippen molar-refractivity contribution in [1.29, 1.82) is 0 Å². The van der Waals surface area contributed by atoms with Crippen molar-refractivity contribution in [2.45, 2.75) is 33.1 Å². The standard InChI is InChI=1S/C25H30N2O2S2/c1-5-29-22-13-7-19(8-14-22)17-23-24(28)27(15-6-16-30-4)25(31-23)26-21-11-9-20(10-12-21)18(2)3/h7-14,17-18H,5-6,15-16H2,1-4H3/b23-17+,26-25?. The van der Waals surface area contributed by atoms with Gasteiger partial charge < -0.3 is 4.74 Å². The molecule has 6 heteroatoms. The van der Waals surface area contributed by atoms with Gasteiger partial charge in [0.15, 0.2) is 5.17 Å². The Balaban J connectivity index is 1.85. The second-order valence-corrected chi connectivity index (χ2v) is 9.55. The zero-order valence-corrected chi connectivity index (χ0v) is 20.3. The summed E-state index contributed by atoms with van der Waals surface area (Å²) in [4.78, 5) is 20.5. The zero-order chi connectivity index (χ0) is 22.2. The first-order valence-corrected chi connectivity index (χ1v) is 12.8. The molecule has 0 spiro atoms. The van der Waals surface area contributed by atoms with E-state index in [1.165, 1.54) is 17.3 Å². The number of amidine groups is 1. The molecule has 1 saturated heterocycles. The summed E-state index contributed by atoms with van der Waals surface area (Å²) in [6, 6.07) is 16.1. The third-order valence-electron chi connectivity index (χ3n) is 4.89. The normalized spacial score (nSPS) is 16.7. The minimum atomic E-state index is 0.0255. The first-order chi connectivity index (χ1) is 15.0. The van der Waals surface area contributed by atoms with Gasteiger partial charge in [0.1, 0.15) is 5.75 Å². The Bertz CT molecular complexity index is 935. The SMILES string of the molecule is CCOc1ccc(/C=C2/SC(=Nc3ccc(C(C)C)cc3)N(CCCSC)C2=O)cc1. The van der Waals surface area contributed by atoms with E-state index in [9.17, 15) is 4.79 Å². The summed E-state index contributed by atoms with van der Waals surface area (Å²) >= 11 is 3.24. The van der Waals surface area contributed by atoms with Crippen LogP contribution in [-0.2, 0) is 4.79 Å². The number of amides is 1. The van der Waals surface area contributed by atoms with Crippen LogP contribution in [0.3, 0.4) is 0 Å². The van der Waals surface area contributed by atoms with Crippen molar-refractivity contribution in [1.82, 2.24) is 4.90 Å². The Morgan fingerprint density at radius 2 is 1.84 bits per heavy atom. The van der Waals surface area contributed by atoms with Gasteiger partial charge in [-0.3, -0.25) is 9.69 Å². The molecule has 0 aromatic heterocycles. The molecule has 4 nitrogen and oxygen atoms in total. The maximum atomic E-state index is 13.1. The van der Waals surface area contributed by atoms with Crippen LogP contribution in [0.4, 0.5) is 5.69 Å². The van der Waals surface area contributed by atoms with Crippen molar-refractivity contribution in [3.05, 3.63) is 64.6 Å². The number of hydrogen-bond acceptors (Lipinski definition) is 5. The number of rotatable bonds is 9. The number of carbonyl (C=O) groups excluding carboxylic acids is 1. The molecule has 1 amide bonds. The summed E-state index contributed by atoms with van der Waals surface area (Å²) < 4.78 is 5.51. The largest absolute Gasteiger partial charge is 0.494 e. The first kappa shape index (κ1) is 23.5. The average Bonchev–Trinajstić information content (AvgIpc) is 3.04. The summed E-state index contributed by atoms with van der Waals surface area (Å²) in [5.74, 6) is 2.36.